The molecule has 3 rings (SSSR count). The monoisotopic (exact) mass is 364 g/mol. The number of halogens is 5. The molecule has 0 aliphatic heterocycles. The maximum absolute atomic E-state index is 12.9. The van der Waals surface area contributed by atoms with Crippen LogP contribution in [0.3, 0.4) is 0 Å². The molecule has 1 aliphatic rings. The van der Waals surface area contributed by atoms with Crippen LogP contribution in [0.1, 0.15) is 10.4 Å². The molecule has 1 aromatic heterocycles. The number of benzene rings is 1. The summed E-state index contributed by atoms with van der Waals surface area (Å²) in [5, 5.41) is 0.857. The van der Waals surface area contributed by atoms with Gasteiger partial charge in [-0.05, 0) is 23.8 Å². The number of thiazole rings is 1. The van der Waals surface area contributed by atoms with E-state index in [-0.39, 0.29) is 5.75 Å². The predicted octanol–water partition coefficient (Wildman–Crippen LogP) is 4.36. The molecule has 0 amide bonds. The van der Waals surface area contributed by atoms with Gasteiger partial charge in [0.1, 0.15) is 5.75 Å². The van der Waals surface area contributed by atoms with Gasteiger partial charge in [-0.1, -0.05) is 0 Å². The Bertz CT molecular complexity index is 770. The maximum Gasteiger partial charge on any atom is 0.456 e. The highest BCUT2D eigenvalue weighted by molar-refractivity contribution is 7.16. The van der Waals surface area contributed by atoms with Crippen molar-refractivity contribution in [3.8, 4) is 17.0 Å². The van der Waals surface area contributed by atoms with Gasteiger partial charge in [0.15, 0.2) is 11.7 Å². The van der Waals surface area contributed by atoms with Crippen molar-refractivity contribution < 1.29 is 26.7 Å². The van der Waals surface area contributed by atoms with E-state index in [1.54, 1.807) is 6.07 Å². The van der Waals surface area contributed by atoms with Gasteiger partial charge in [-0.3, -0.25) is 0 Å². The lowest BCUT2D eigenvalue weighted by molar-refractivity contribution is -0.290. The molecule has 0 unspecified atom stereocenters. The number of hydrogen-bond donors (Lipinski definition) is 0. The molecule has 0 saturated carbocycles. The molecule has 0 saturated heterocycles. The van der Waals surface area contributed by atoms with Gasteiger partial charge in [-0.25, -0.2) is 4.98 Å². The number of anilines is 1. The van der Waals surface area contributed by atoms with Crippen molar-refractivity contribution in [2.75, 3.05) is 25.6 Å². The fourth-order valence-electron chi connectivity index (χ4n) is 2.33. The minimum Gasteiger partial charge on any atom is -0.487 e. The summed E-state index contributed by atoms with van der Waals surface area (Å²) < 4.78 is 67.0. The molecule has 0 fully saturated rings. The Labute approximate surface area is 138 Å². The van der Waals surface area contributed by atoms with E-state index >= 15 is 0 Å². The van der Waals surface area contributed by atoms with Gasteiger partial charge >= 0.3 is 12.1 Å². The Morgan fingerprint density at radius 2 is 1.92 bits per heavy atom. The van der Waals surface area contributed by atoms with E-state index in [9.17, 15) is 22.0 Å². The number of nitrogens with zero attached hydrogens (tertiary/aromatic N) is 2. The minimum absolute atomic E-state index is 0.0133. The SMILES string of the molecule is CN(C)c1nc2c(s1)Cc1cc(OCC(F)(F)C(F)(F)F)ccc1-2. The van der Waals surface area contributed by atoms with Crippen molar-refractivity contribution in [3.63, 3.8) is 0 Å². The number of ether oxygens (including phenoxy) is 1. The first-order valence-corrected chi connectivity index (χ1v) is 7.78. The summed E-state index contributed by atoms with van der Waals surface area (Å²) in [4.78, 5) is 7.44. The van der Waals surface area contributed by atoms with Crippen molar-refractivity contribution in [2.24, 2.45) is 0 Å². The Balaban J connectivity index is 1.77. The van der Waals surface area contributed by atoms with E-state index in [4.69, 9.17) is 0 Å². The third-order valence-corrected chi connectivity index (χ3v) is 4.81. The average Bonchev–Trinajstić information content (AvgIpc) is 3.01. The zero-order valence-corrected chi connectivity index (χ0v) is 13.6. The Morgan fingerprint density at radius 3 is 2.54 bits per heavy atom. The van der Waals surface area contributed by atoms with Crippen LogP contribution in [0.5, 0.6) is 5.75 Å². The van der Waals surface area contributed by atoms with Crippen molar-refractivity contribution >= 4 is 16.5 Å². The number of aromatic nitrogens is 1. The normalized spacial score (nSPS) is 13.6. The fourth-order valence-corrected chi connectivity index (χ4v) is 3.35. The molecule has 1 aliphatic carbocycles. The second-order valence-electron chi connectivity index (χ2n) is 5.65. The molecule has 130 valence electrons. The Kier molecular flexibility index (Phi) is 3.94. The second-order valence-corrected chi connectivity index (χ2v) is 6.71. The molecule has 3 nitrogen and oxygen atoms in total. The molecule has 0 N–H and O–H groups in total. The maximum atomic E-state index is 12.9. The quantitative estimate of drug-likeness (QED) is 0.644. The number of fused-ring (bicyclic) bond motifs is 3. The van der Waals surface area contributed by atoms with Crippen LogP contribution in [-0.4, -0.2) is 37.8 Å². The molecule has 0 atom stereocenters. The van der Waals surface area contributed by atoms with Crippen molar-refractivity contribution in [3.05, 3.63) is 28.6 Å². The van der Waals surface area contributed by atoms with Crippen LogP contribution in [0.4, 0.5) is 27.1 Å². The van der Waals surface area contributed by atoms with Crippen LogP contribution in [0.2, 0.25) is 0 Å². The Hall–Kier alpha value is -1.90. The number of rotatable bonds is 4. The highest BCUT2D eigenvalue weighted by Crippen LogP contribution is 2.43. The number of hydrogen-bond acceptors (Lipinski definition) is 4. The topological polar surface area (TPSA) is 25.4 Å². The number of alkyl halides is 5. The first-order chi connectivity index (χ1) is 11.1. The van der Waals surface area contributed by atoms with Gasteiger partial charge in [-0.15, -0.1) is 11.3 Å². The van der Waals surface area contributed by atoms with E-state index in [1.165, 1.54) is 23.5 Å². The molecule has 9 heteroatoms. The zero-order chi connectivity index (χ0) is 17.7. The summed E-state index contributed by atoms with van der Waals surface area (Å²) in [6.07, 6.45) is -5.07. The Morgan fingerprint density at radius 1 is 1.21 bits per heavy atom. The van der Waals surface area contributed by atoms with Gasteiger partial charge in [0.2, 0.25) is 0 Å². The predicted molar refractivity (Wildman–Crippen MR) is 81.2 cm³/mol. The van der Waals surface area contributed by atoms with Gasteiger partial charge in [-0.2, -0.15) is 22.0 Å². The van der Waals surface area contributed by atoms with Gasteiger partial charge in [0, 0.05) is 31.0 Å². The van der Waals surface area contributed by atoms with Crippen molar-refractivity contribution in [1.82, 2.24) is 4.98 Å². The lowest BCUT2D eigenvalue weighted by Gasteiger charge is -2.20. The largest absolute Gasteiger partial charge is 0.487 e. The third kappa shape index (κ3) is 2.92. The average molecular weight is 364 g/mol. The summed E-state index contributed by atoms with van der Waals surface area (Å²) in [6, 6.07) is 4.52. The molecule has 0 radical (unpaired) electrons. The van der Waals surface area contributed by atoms with Gasteiger partial charge in [0.05, 0.1) is 5.69 Å². The lowest BCUT2D eigenvalue weighted by atomic mass is 10.1. The highest BCUT2D eigenvalue weighted by Gasteiger charge is 2.58. The molecule has 24 heavy (non-hydrogen) atoms. The van der Waals surface area contributed by atoms with Gasteiger partial charge in [0.25, 0.3) is 0 Å². The highest BCUT2D eigenvalue weighted by atomic mass is 32.1. The van der Waals surface area contributed by atoms with Crippen LogP contribution in [0.25, 0.3) is 11.3 Å². The molecular formula is C15H13F5N2OS. The van der Waals surface area contributed by atoms with E-state index < -0.39 is 18.7 Å². The van der Waals surface area contributed by atoms with Crippen LogP contribution in [0.15, 0.2) is 18.2 Å². The van der Waals surface area contributed by atoms with Crippen LogP contribution < -0.4 is 9.64 Å². The summed E-state index contributed by atoms with van der Waals surface area (Å²) in [7, 11) is 3.76. The van der Waals surface area contributed by atoms with E-state index in [1.807, 2.05) is 19.0 Å². The van der Waals surface area contributed by atoms with Crippen molar-refractivity contribution in [1.29, 1.82) is 0 Å². The van der Waals surface area contributed by atoms with Gasteiger partial charge < -0.3 is 9.64 Å². The summed E-state index contributed by atoms with van der Waals surface area (Å²) >= 11 is 1.52. The molecule has 1 aromatic carbocycles. The van der Waals surface area contributed by atoms with E-state index in [2.05, 4.69) is 9.72 Å². The summed E-state index contributed by atoms with van der Waals surface area (Å²) in [5.41, 5.74) is 2.48. The fraction of sp³-hybridized carbons (Fsp3) is 0.400. The van der Waals surface area contributed by atoms with Crippen LogP contribution in [-0.2, 0) is 6.42 Å². The molecule has 0 bridgehead atoms. The molecule has 2 aromatic rings. The second kappa shape index (κ2) is 5.58. The standard InChI is InChI=1S/C15H13F5N2OS/c1-22(2)13-21-12-10-4-3-9(5-8(10)6-11(12)24-13)23-7-14(16,17)15(18,19)20/h3-5H,6-7H2,1-2H3. The summed E-state index contributed by atoms with van der Waals surface area (Å²) in [5.74, 6) is -4.90. The van der Waals surface area contributed by atoms with Crippen LogP contribution >= 0.6 is 11.3 Å². The zero-order valence-electron chi connectivity index (χ0n) is 12.7. The first kappa shape index (κ1) is 16.9. The molecular weight excluding hydrogens is 351 g/mol. The van der Waals surface area contributed by atoms with Crippen molar-refractivity contribution in [2.45, 2.75) is 18.5 Å². The first-order valence-electron chi connectivity index (χ1n) is 6.96. The lowest BCUT2D eigenvalue weighted by Crippen LogP contribution is -2.41. The van der Waals surface area contributed by atoms with E-state index in [0.29, 0.717) is 6.42 Å². The van der Waals surface area contributed by atoms with E-state index in [0.717, 1.165) is 26.8 Å². The van der Waals surface area contributed by atoms with Crippen LogP contribution in [0, 0.1) is 0 Å². The molecule has 1 heterocycles. The third-order valence-electron chi connectivity index (χ3n) is 3.59. The minimum atomic E-state index is -5.62. The molecule has 0 spiro atoms. The smallest absolute Gasteiger partial charge is 0.456 e. The summed E-state index contributed by atoms with van der Waals surface area (Å²) in [6.45, 7) is -1.74.